The molecule has 0 unspecified atom stereocenters. The number of ether oxygens (including phenoxy) is 1. The van der Waals surface area contributed by atoms with E-state index in [1.54, 1.807) is 7.11 Å². The Morgan fingerprint density at radius 3 is 2.54 bits per heavy atom. The fraction of sp³-hybridized carbons (Fsp3) is 0.292. The van der Waals surface area contributed by atoms with Gasteiger partial charge in [-0.2, -0.15) is 4.57 Å². The Morgan fingerprint density at radius 1 is 1.04 bits per heavy atom. The van der Waals surface area contributed by atoms with Crippen LogP contribution in [0.4, 0.5) is 5.69 Å². The van der Waals surface area contributed by atoms with Gasteiger partial charge in [-0.25, -0.2) is 0 Å². The van der Waals surface area contributed by atoms with E-state index in [1.807, 2.05) is 17.8 Å². The predicted octanol–water partition coefficient (Wildman–Crippen LogP) is 5.70. The number of fused-ring (bicyclic) bond motifs is 2. The summed E-state index contributed by atoms with van der Waals surface area (Å²) < 4.78 is 7.76. The lowest BCUT2D eigenvalue weighted by Crippen LogP contribution is -2.37. The fourth-order valence-corrected chi connectivity index (χ4v) is 5.09. The molecular weight excluding hydrogens is 364 g/mol. The largest absolute Gasteiger partial charge is 0.497 e. The van der Waals surface area contributed by atoms with Crippen LogP contribution in [0, 0.1) is 13.8 Å². The van der Waals surface area contributed by atoms with Crippen molar-refractivity contribution in [3.63, 3.8) is 0 Å². The molecule has 0 saturated carbocycles. The second-order valence-corrected chi connectivity index (χ2v) is 8.22. The van der Waals surface area contributed by atoms with E-state index >= 15 is 0 Å². The average Bonchev–Trinajstić information content (AvgIpc) is 3.03. The minimum Gasteiger partial charge on any atom is -0.497 e. The molecule has 4 rings (SSSR count). The van der Waals surface area contributed by atoms with Gasteiger partial charge in [-0.15, -0.1) is 0 Å². The molecule has 0 atom stereocenters. The maximum Gasteiger partial charge on any atom is 0.213 e. The maximum atomic E-state index is 5.39. The summed E-state index contributed by atoms with van der Waals surface area (Å²) in [4.78, 5) is 3.77. The van der Waals surface area contributed by atoms with Gasteiger partial charge in [0.25, 0.3) is 0 Å². The fourth-order valence-electron chi connectivity index (χ4n) is 3.84. The second kappa shape index (κ2) is 7.51. The second-order valence-electron chi connectivity index (χ2n) is 7.16. The Bertz CT molecular complexity index is 1090. The highest BCUT2D eigenvalue weighted by Gasteiger charge is 2.26. The quantitative estimate of drug-likeness (QED) is 0.531. The van der Waals surface area contributed by atoms with Crippen molar-refractivity contribution >= 4 is 34.4 Å². The van der Waals surface area contributed by atoms with Crippen molar-refractivity contribution in [3.05, 3.63) is 64.3 Å². The van der Waals surface area contributed by atoms with Crippen LogP contribution in [0.2, 0.25) is 0 Å². The van der Waals surface area contributed by atoms with Crippen LogP contribution in [-0.4, -0.2) is 13.7 Å². The van der Waals surface area contributed by atoms with Gasteiger partial charge in [0.05, 0.1) is 23.2 Å². The molecule has 4 heteroatoms. The van der Waals surface area contributed by atoms with Gasteiger partial charge in [0.1, 0.15) is 12.3 Å². The van der Waals surface area contributed by atoms with Gasteiger partial charge in [0.2, 0.25) is 11.2 Å². The number of methoxy groups -OCH3 is 1. The number of hydrogen-bond donors (Lipinski definition) is 0. The Morgan fingerprint density at radius 2 is 1.82 bits per heavy atom. The minimum atomic E-state index is 0.894. The van der Waals surface area contributed by atoms with Gasteiger partial charge in [-0.1, -0.05) is 11.8 Å². The van der Waals surface area contributed by atoms with Crippen molar-refractivity contribution in [1.82, 2.24) is 0 Å². The zero-order valence-corrected chi connectivity index (χ0v) is 18.1. The number of rotatable bonds is 4. The van der Waals surface area contributed by atoms with Crippen LogP contribution in [0.1, 0.15) is 30.7 Å². The van der Waals surface area contributed by atoms with Crippen LogP contribution in [0.15, 0.2) is 52.4 Å². The molecular formula is C24H27N2OS+. The van der Waals surface area contributed by atoms with Gasteiger partial charge in [0.15, 0.2) is 0 Å². The van der Waals surface area contributed by atoms with E-state index in [0.29, 0.717) is 0 Å². The van der Waals surface area contributed by atoms with E-state index in [0.717, 1.165) is 18.8 Å². The molecule has 28 heavy (non-hydrogen) atoms. The van der Waals surface area contributed by atoms with E-state index in [1.165, 1.54) is 43.3 Å². The number of anilines is 1. The van der Waals surface area contributed by atoms with E-state index in [4.69, 9.17) is 4.74 Å². The number of hydrogen-bond acceptors (Lipinski definition) is 3. The maximum absolute atomic E-state index is 5.39. The molecule has 0 fully saturated rings. The molecule has 0 aliphatic carbocycles. The van der Waals surface area contributed by atoms with E-state index in [9.17, 15) is 0 Å². The number of thioether (sulfide) groups is 1. The summed E-state index contributed by atoms with van der Waals surface area (Å²) in [6.07, 6.45) is 2.33. The Hall–Kier alpha value is -2.46. The summed E-state index contributed by atoms with van der Waals surface area (Å²) in [6, 6.07) is 15.3. The average molecular weight is 392 g/mol. The minimum absolute atomic E-state index is 0.894. The summed E-state index contributed by atoms with van der Waals surface area (Å²) in [5.74, 6) is 0.894. The summed E-state index contributed by atoms with van der Waals surface area (Å²) in [5, 5.41) is 2.49. The molecule has 1 aliphatic rings. The molecule has 2 heterocycles. The lowest BCUT2D eigenvalue weighted by Gasteiger charge is -2.18. The molecule has 2 aromatic carbocycles. The lowest BCUT2D eigenvalue weighted by molar-refractivity contribution is -0.669. The summed E-state index contributed by atoms with van der Waals surface area (Å²) in [5.41, 5.74) is 6.49. The third-order valence-electron chi connectivity index (χ3n) is 5.52. The molecule has 0 amide bonds. The van der Waals surface area contributed by atoms with Crippen LogP contribution in [0.3, 0.4) is 0 Å². The summed E-state index contributed by atoms with van der Waals surface area (Å²) in [7, 11) is 1.71. The van der Waals surface area contributed by atoms with Crippen molar-refractivity contribution in [2.75, 3.05) is 18.6 Å². The van der Waals surface area contributed by atoms with Gasteiger partial charge in [-0.3, -0.25) is 0 Å². The molecule has 1 aliphatic heterocycles. The molecule has 3 aromatic rings. The van der Waals surface area contributed by atoms with Crippen molar-refractivity contribution < 1.29 is 9.30 Å². The number of benzene rings is 2. The van der Waals surface area contributed by atoms with Crippen LogP contribution in [0.5, 0.6) is 5.75 Å². The SMILES string of the molecule is CCN1C(=Cc2ccc3cc(OC)ccc3[n+]2CC)Sc2cc(C)c(C)cc21. The number of aryl methyl sites for hydroxylation is 3. The van der Waals surface area contributed by atoms with E-state index < -0.39 is 0 Å². The molecule has 3 nitrogen and oxygen atoms in total. The van der Waals surface area contributed by atoms with Crippen LogP contribution in [0.25, 0.3) is 17.0 Å². The molecule has 0 radical (unpaired) electrons. The Labute approximate surface area is 171 Å². The zero-order chi connectivity index (χ0) is 19.8. The summed E-state index contributed by atoms with van der Waals surface area (Å²) >= 11 is 1.87. The molecule has 0 spiro atoms. The highest BCUT2D eigenvalue weighted by atomic mass is 32.2. The van der Waals surface area contributed by atoms with E-state index in [2.05, 4.69) is 79.6 Å². The van der Waals surface area contributed by atoms with Gasteiger partial charge in [0, 0.05) is 29.6 Å². The third-order valence-corrected chi connectivity index (χ3v) is 6.62. The monoisotopic (exact) mass is 391 g/mol. The first kappa shape index (κ1) is 18.9. The first-order chi connectivity index (χ1) is 13.5. The standard InChI is InChI=1S/C24H27N2OS/c1-6-25-19(9-8-18-14-20(27-5)10-11-21(18)25)15-24-26(7-2)22-12-16(3)17(4)13-23(22)28-24/h8-15H,6-7H2,1-5H3/q+1. The first-order valence-corrected chi connectivity index (χ1v) is 10.7. The van der Waals surface area contributed by atoms with E-state index in [-0.39, 0.29) is 0 Å². The molecule has 0 N–H and O–H groups in total. The molecule has 0 bridgehead atoms. The summed E-state index contributed by atoms with van der Waals surface area (Å²) in [6.45, 7) is 10.7. The van der Waals surface area contributed by atoms with Crippen LogP contribution < -0.4 is 14.2 Å². The predicted molar refractivity (Wildman–Crippen MR) is 119 cm³/mol. The van der Waals surface area contributed by atoms with Crippen molar-refractivity contribution in [2.45, 2.75) is 39.1 Å². The highest BCUT2D eigenvalue weighted by molar-refractivity contribution is 8.03. The van der Waals surface area contributed by atoms with Crippen LogP contribution in [-0.2, 0) is 6.54 Å². The highest BCUT2D eigenvalue weighted by Crippen LogP contribution is 2.47. The van der Waals surface area contributed by atoms with Gasteiger partial charge < -0.3 is 9.64 Å². The van der Waals surface area contributed by atoms with Gasteiger partial charge >= 0.3 is 0 Å². The molecule has 1 aromatic heterocycles. The lowest BCUT2D eigenvalue weighted by atomic mass is 10.1. The Kier molecular flexibility index (Phi) is 5.07. The van der Waals surface area contributed by atoms with Crippen molar-refractivity contribution in [3.8, 4) is 5.75 Å². The van der Waals surface area contributed by atoms with Crippen LogP contribution >= 0.6 is 11.8 Å². The number of nitrogens with zero attached hydrogens (tertiary/aromatic N) is 2. The molecule has 144 valence electrons. The zero-order valence-electron chi connectivity index (χ0n) is 17.2. The van der Waals surface area contributed by atoms with Gasteiger partial charge in [-0.05, 0) is 69.2 Å². The third kappa shape index (κ3) is 3.16. The van der Waals surface area contributed by atoms with Crippen molar-refractivity contribution in [2.24, 2.45) is 0 Å². The smallest absolute Gasteiger partial charge is 0.213 e. The number of aromatic nitrogens is 1. The molecule has 0 saturated heterocycles. The topological polar surface area (TPSA) is 16.4 Å². The van der Waals surface area contributed by atoms with Crippen molar-refractivity contribution in [1.29, 1.82) is 0 Å². The Balaban J connectivity index is 1.81. The first-order valence-electron chi connectivity index (χ1n) is 9.84. The normalized spacial score (nSPS) is 14.8. The number of pyridine rings is 1.